The molecule has 0 aliphatic rings. The van der Waals surface area contributed by atoms with Crippen LogP contribution < -0.4 is 10.2 Å². The van der Waals surface area contributed by atoms with Crippen LogP contribution in [0.4, 0.5) is 36.2 Å². The monoisotopic (exact) mass is 605 g/mol. The molecule has 0 bridgehead atoms. The Balaban J connectivity index is 1.47. The molecule has 1 N–H and O–H groups in total. The molecule has 0 fully saturated rings. The van der Waals surface area contributed by atoms with Crippen LogP contribution in [0.3, 0.4) is 0 Å². The molecule has 0 aliphatic heterocycles. The van der Waals surface area contributed by atoms with E-state index < -0.39 is 17.6 Å². The number of imidazole rings is 1. The van der Waals surface area contributed by atoms with Crippen molar-refractivity contribution in [2.24, 2.45) is 0 Å². The fourth-order valence-electron chi connectivity index (χ4n) is 4.79. The van der Waals surface area contributed by atoms with Crippen LogP contribution in [0.2, 0.25) is 0 Å². The Morgan fingerprint density at radius 1 is 0.867 bits per heavy atom. The SMILES string of the molecule is Cc1cn(-c2cc(N(C(=O)c3ccccc3)c3ccc(C)c(Nc4nccc(-c5cccnc5)n4)c3)cc(C(F)(F)F)c2)cn1. The van der Waals surface area contributed by atoms with E-state index in [2.05, 4.69) is 25.3 Å². The van der Waals surface area contributed by atoms with Crippen LogP contribution in [0, 0.1) is 13.8 Å². The van der Waals surface area contributed by atoms with Gasteiger partial charge >= 0.3 is 6.18 Å². The van der Waals surface area contributed by atoms with E-state index in [0.29, 0.717) is 34.3 Å². The first kappa shape index (κ1) is 29.2. The predicted molar refractivity (Wildman–Crippen MR) is 166 cm³/mol. The first-order valence-electron chi connectivity index (χ1n) is 13.9. The third-order valence-electron chi connectivity index (χ3n) is 7.06. The highest BCUT2D eigenvalue weighted by molar-refractivity contribution is 6.11. The van der Waals surface area contributed by atoms with E-state index in [0.717, 1.165) is 23.3 Å². The third-order valence-corrected chi connectivity index (χ3v) is 7.06. The summed E-state index contributed by atoms with van der Waals surface area (Å²) >= 11 is 0. The van der Waals surface area contributed by atoms with Crippen LogP contribution in [-0.4, -0.2) is 30.4 Å². The second kappa shape index (κ2) is 12.0. The first-order chi connectivity index (χ1) is 21.7. The van der Waals surface area contributed by atoms with Gasteiger partial charge in [0.2, 0.25) is 5.95 Å². The van der Waals surface area contributed by atoms with Gasteiger partial charge in [0.1, 0.15) is 0 Å². The number of nitrogens with one attached hydrogen (secondary N) is 1. The lowest BCUT2D eigenvalue weighted by molar-refractivity contribution is -0.137. The van der Waals surface area contributed by atoms with Gasteiger partial charge in [-0.1, -0.05) is 24.3 Å². The van der Waals surface area contributed by atoms with Crippen molar-refractivity contribution in [2.75, 3.05) is 10.2 Å². The minimum atomic E-state index is -4.67. The number of amides is 1. The molecule has 0 spiro atoms. The molecule has 0 atom stereocenters. The predicted octanol–water partition coefficient (Wildman–Crippen LogP) is 8.08. The Hall–Kier alpha value is -5.84. The summed E-state index contributed by atoms with van der Waals surface area (Å²) in [7, 11) is 0. The van der Waals surface area contributed by atoms with Gasteiger partial charge in [-0.3, -0.25) is 14.7 Å². The van der Waals surface area contributed by atoms with Crippen LogP contribution in [0.15, 0.2) is 116 Å². The summed E-state index contributed by atoms with van der Waals surface area (Å²) < 4.78 is 44.1. The molecule has 3 aromatic carbocycles. The number of hydrogen-bond donors (Lipinski definition) is 1. The normalized spacial score (nSPS) is 11.3. The zero-order valence-corrected chi connectivity index (χ0v) is 24.2. The smallest absolute Gasteiger partial charge is 0.324 e. The van der Waals surface area contributed by atoms with E-state index >= 15 is 0 Å². The standard InChI is InChI=1S/C34H26F3N7O/c1-22-10-11-27(18-31(22)42-33-39-14-12-30(41-33)25-9-6-13-38-19-25)44(32(45)24-7-4-3-5-8-24)29-16-26(34(35,36)37)15-28(17-29)43-20-23(2)40-21-43/h3-21H,1-2H3,(H,39,41,42). The van der Waals surface area contributed by atoms with Crippen LogP contribution >= 0.6 is 0 Å². The van der Waals surface area contributed by atoms with Gasteiger partial charge in [0.05, 0.1) is 34.7 Å². The number of pyridine rings is 1. The lowest BCUT2D eigenvalue weighted by Gasteiger charge is -2.26. The quantitative estimate of drug-likeness (QED) is 0.198. The van der Waals surface area contributed by atoms with Crippen molar-refractivity contribution >= 4 is 28.9 Å². The summed E-state index contributed by atoms with van der Waals surface area (Å²) in [5.74, 6) is -0.207. The highest BCUT2D eigenvalue weighted by atomic mass is 19.4. The number of nitrogens with zero attached hydrogens (tertiary/aromatic N) is 6. The van der Waals surface area contributed by atoms with Crippen molar-refractivity contribution in [1.29, 1.82) is 0 Å². The average molecular weight is 606 g/mol. The molecule has 0 aliphatic carbocycles. The van der Waals surface area contributed by atoms with Crippen molar-refractivity contribution in [2.45, 2.75) is 20.0 Å². The lowest BCUT2D eigenvalue weighted by atomic mass is 10.1. The zero-order valence-electron chi connectivity index (χ0n) is 24.2. The van der Waals surface area contributed by atoms with Crippen LogP contribution in [0.5, 0.6) is 0 Å². The molecule has 3 heterocycles. The van der Waals surface area contributed by atoms with Gasteiger partial charge in [0, 0.05) is 47.3 Å². The van der Waals surface area contributed by atoms with Crippen molar-refractivity contribution in [3.05, 3.63) is 138 Å². The maximum Gasteiger partial charge on any atom is 0.416 e. The highest BCUT2D eigenvalue weighted by Gasteiger charge is 2.33. The van der Waals surface area contributed by atoms with Crippen molar-refractivity contribution < 1.29 is 18.0 Å². The molecule has 0 saturated heterocycles. The Bertz CT molecular complexity index is 1980. The Morgan fingerprint density at radius 3 is 2.40 bits per heavy atom. The van der Waals surface area contributed by atoms with E-state index in [1.54, 1.807) is 86.3 Å². The molecular formula is C34H26F3N7O. The minimum absolute atomic E-state index is 0.0321. The number of carbonyl (C=O) groups is 1. The first-order valence-corrected chi connectivity index (χ1v) is 13.9. The number of aryl methyl sites for hydroxylation is 2. The number of anilines is 4. The molecular weight excluding hydrogens is 579 g/mol. The molecule has 0 radical (unpaired) electrons. The number of aromatic nitrogens is 5. The summed E-state index contributed by atoms with van der Waals surface area (Å²) in [5.41, 5.74) is 3.45. The largest absolute Gasteiger partial charge is 0.416 e. The summed E-state index contributed by atoms with van der Waals surface area (Å²) in [4.78, 5) is 32.6. The fraction of sp³-hybridized carbons (Fsp3) is 0.0882. The molecule has 11 heteroatoms. The average Bonchev–Trinajstić information content (AvgIpc) is 3.49. The fourth-order valence-corrected chi connectivity index (χ4v) is 4.79. The number of carbonyl (C=O) groups excluding carboxylic acids is 1. The van der Waals surface area contributed by atoms with Crippen molar-refractivity contribution in [3.8, 4) is 16.9 Å². The van der Waals surface area contributed by atoms with Crippen molar-refractivity contribution in [3.63, 3.8) is 0 Å². The number of benzene rings is 3. The summed E-state index contributed by atoms with van der Waals surface area (Å²) in [5, 5.41) is 3.21. The van der Waals surface area contributed by atoms with E-state index in [9.17, 15) is 18.0 Å². The van der Waals surface area contributed by atoms with Gasteiger partial charge in [-0.25, -0.2) is 15.0 Å². The van der Waals surface area contributed by atoms with Gasteiger partial charge < -0.3 is 9.88 Å². The third kappa shape index (κ3) is 6.42. The van der Waals surface area contributed by atoms with Gasteiger partial charge in [0.15, 0.2) is 0 Å². The summed E-state index contributed by atoms with van der Waals surface area (Å²) in [6.07, 6.45) is 3.37. The van der Waals surface area contributed by atoms with E-state index in [1.807, 2.05) is 19.1 Å². The maximum absolute atomic E-state index is 14.2. The van der Waals surface area contributed by atoms with Crippen LogP contribution in [0.25, 0.3) is 16.9 Å². The van der Waals surface area contributed by atoms with Gasteiger partial charge in [-0.15, -0.1) is 0 Å². The van der Waals surface area contributed by atoms with Gasteiger partial charge in [-0.05, 0) is 80.1 Å². The molecule has 45 heavy (non-hydrogen) atoms. The van der Waals surface area contributed by atoms with Gasteiger partial charge in [-0.2, -0.15) is 13.2 Å². The minimum Gasteiger partial charge on any atom is -0.324 e. The number of halogens is 3. The molecule has 1 amide bonds. The summed E-state index contributed by atoms with van der Waals surface area (Å²) in [6, 6.07) is 22.6. The molecule has 8 nitrogen and oxygen atoms in total. The molecule has 6 aromatic rings. The van der Waals surface area contributed by atoms with E-state index in [4.69, 9.17) is 0 Å². The molecule has 6 rings (SSSR count). The Morgan fingerprint density at radius 2 is 1.69 bits per heavy atom. The Kier molecular flexibility index (Phi) is 7.82. The van der Waals surface area contributed by atoms with Crippen LogP contribution in [-0.2, 0) is 6.18 Å². The summed E-state index contributed by atoms with van der Waals surface area (Å²) in [6.45, 7) is 3.61. The number of hydrogen-bond acceptors (Lipinski definition) is 6. The number of alkyl halides is 3. The Labute approximate surface area is 256 Å². The van der Waals surface area contributed by atoms with E-state index in [-0.39, 0.29) is 11.4 Å². The molecule has 224 valence electrons. The zero-order chi connectivity index (χ0) is 31.6. The second-order valence-electron chi connectivity index (χ2n) is 10.3. The topological polar surface area (TPSA) is 88.8 Å². The van der Waals surface area contributed by atoms with Gasteiger partial charge in [0.25, 0.3) is 5.91 Å². The highest BCUT2D eigenvalue weighted by Crippen LogP contribution is 2.38. The van der Waals surface area contributed by atoms with Crippen LogP contribution in [0.1, 0.15) is 27.2 Å². The molecule has 0 unspecified atom stereocenters. The lowest BCUT2D eigenvalue weighted by Crippen LogP contribution is -2.26. The molecule has 0 saturated carbocycles. The number of rotatable bonds is 7. The maximum atomic E-state index is 14.2. The van der Waals surface area contributed by atoms with E-state index in [1.165, 1.54) is 21.9 Å². The molecule has 3 aromatic heterocycles. The van der Waals surface area contributed by atoms with Crippen molar-refractivity contribution in [1.82, 2.24) is 24.5 Å². The second-order valence-corrected chi connectivity index (χ2v) is 10.3.